The van der Waals surface area contributed by atoms with Crippen LogP contribution in [0.2, 0.25) is 0 Å². The number of fused-ring (bicyclic) bond motifs is 7. The SMILES string of the molecule is [2H]c1c([2H])c([2H])c(-c2ccc3c(c2)c2ccc(Oc4[c-]c(-n5[c](=[Pt])n(-c6c(-c7c([2H])c([2H])c([2H])c([2H])c7[2H])cc7c(c6-c6c([2H])c([2H])c([2H])c([2H])c6[2H])Cc6ccccc6-7)c6ccccc65)ccc4)[c-]c2n3-c2cc(C(C)(C)C)ccn2)c([2H])c1[2H]. The fourth-order valence-electron chi connectivity index (χ4n) is 9.79. The van der Waals surface area contributed by atoms with Gasteiger partial charge in [0.25, 0.3) is 0 Å². The quantitative estimate of drug-likeness (QED) is 0.142. The zero-order valence-corrected chi connectivity index (χ0v) is 40.5. The van der Waals surface area contributed by atoms with Crippen molar-refractivity contribution in [2.75, 3.05) is 0 Å². The van der Waals surface area contributed by atoms with Crippen LogP contribution >= 0.6 is 0 Å². The van der Waals surface area contributed by atoms with E-state index in [0.29, 0.717) is 59.7 Å². The molecule has 71 heavy (non-hydrogen) atoms. The van der Waals surface area contributed by atoms with Gasteiger partial charge in [-0.25, -0.2) is 0 Å². The predicted molar refractivity (Wildman–Crippen MR) is 285 cm³/mol. The molecule has 0 atom stereocenters. The van der Waals surface area contributed by atoms with Crippen LogP contribution in [-0.4, -0.2) is 18.7 Å². The van der Waals surface area contributed by atoms with Crippen LogP contribution in [0.25, 0.3) is 94.5 Å². The number of imidazole rings is 1. The van der Waals surface area contributed by atoms with Crippen LogP contribution in [0.15, 0.2) is 212 Å². The Balaban J connectivity index is 1.02. The molecule has 0 N–H and O–H groups in total. The second-order valence-corrected chi connectivity index (χ2v) is 19.2. The molecule has 0 unspecified atom stereocenters. The number of benzene rings is 9. The van der Waals surface area contributed by atoms with Gasteiger partial charge < -0.3 is 0 Å². The number of ether oxygens (including phenoxy) is 1. The number of hydrogen-bond donors (Lipinski definition) is 0. The molecule has 13 rings (SSSR count). The number of para-hydroxylation sites is 2. The first-order valence-electron chi connectivity index (χ1n) is 30.3. The minimum atomic E-state index is -0.592. The fourth-order valence-corrected chi connectivity index (χ4v) is 10.9. The minimum absolute atomic E-state index is 0.0731. The molecule has 0 saturated carbocycles. The van der Waals surface area contributed by atoms with Gasteiger partial charge in [0, 0.05) is 6.20 Å². The Morgan fingerprint density at radius 2 is 1.25 bits per heavy atom. The van der Waals surface area contributed by atoms with Gasteiger partial charge in [-0.2, -0.15) is 0 Å². The normalized spacial score (nSPS) is 15.1. The summed E-state index contributed by atoms with van der Waals surface area (Å²) < 4.78 is 146. The fraction of sp³-hybridized carbons (Fsp3) is 0.0769. The van der Waals surface area contributed by atoms with Crippen molar-refractivity contribution in [1.82, 2.24) is 18.7 Å². The topological polar surface area (TPSA) is 36.9 Å². The van der Waals surface area contributed by atoms with Crippen molar-refractivity contribution in [1.29, 1.82) is 0 Å². The first-order chi connectivity index (χ1) is 41.0. The summed E-state index contributed by atoms with van der Waals surface area (Å²) in [5, 5.41) is 1.44. The van der Waals surface area contributed by atoms with Crippen LogP contribution < -0.4 is 4.74 Å². The molecule has 0 spiro atoms. The number of pyridine rings is 1. The van der Waals surface area contributed by atoms with Gasteiger partial charge in [0.1, 0.15) is 0 Å². The summed E-state index contributed by atoms with van der Waals surface area (Å²) >= 11 is 2.16. The van der Waals surface area contributed by atoms with Crippen molar-refractivity contribution in [3.8, 4) is 73.2 Å². The van der Waals surface area contributed by atoms with Gasteiger partial charge >= 0.3 is 348 Å². The monoisotopic (exact) mass is 1110 g/mol. The molecule has 5 nitrogen and oxygen atoms in total. The van der Waals surface area contributed by atoms with Crippen LogP contribution in [0.4, 0.5) is 0 Å². The van der Waals surface area contributed by atoms with Gasteiger partial charge in [-0.1, -0.05) is 57.0 Å². The van der Waals surface area contributed by atoms with E-state index in [4.69, 9.17) is 24.8 Å². The van der Waals surface area contributed by atoms with Crippen LogP contribution in [-0.2, 0) is 31.2 Å². The van der Waals surface area contributed by atoms with Gasteiger partial charge in [0.15, 0.2) is 0 Å². The van der Waals surface area contributed by atoms with Crippen molar-refractivity contribution in [2.24, 2.45) is 0 Å². The summed E-state index contributed by atoms with van der Waals surface area (Å²) in [5.74, 6) is 1.18. The summed E-state index contributed by atoms with van der Waals surface area (Å²) in [7, 11) is 0. The summed E-state index contributed by atoms with van der Waals surface area (Å²) in [5.41, 5.74) is 7.55. The smallest absolute Gasteiger partial charge is 0.0617 e. The molecule has 9 aromatic carbocycles. The molecule has 1 aliphatic carbocycles. The average Bonchev–Trinajstić information content (AvgIpc) is 1.51. The molecular weight excluding hydrogens is 1050 g/mol. The Morgan fingerprint density at radius 3 is 2.01 bits per heavy atom. The van der Waals surface area contributed by atoms with Gasteiger partial charge in [0.05, 0.1) is 6.85 Å². The molecule has 344 valence electrons. The van der Waals surface area contributed by atoms with Crippen molar-refractivity contribution >= 4 is 32.8 Å². The molecule has 0 amide bonds. The zero-order valence-electron chi connectivity index (χ0n) is 53.3. The third-order valence-corrected chi connectivity index (χ3v) is 14.0. The number of aromatic nitrogens is 4. The van der Waals surface area contributed by atoms with E-state index < -0.39 is 78.6 Å². The Kier molecular flexibility index (Phi) is 7.17. The van der Waals surface area contributed by atoms with Gasteiger partial charge in [0.2, 0.25) is 0 Å². The molecule has 0 saturated heterocycles. The number of nitrogens with zero attached hydrogens (tertiary/aromatic N) is 4. The van der Waals surface area contributed by atoms with Crippen LogP contribution in [0, 0.1) is 15.9 Å². The second kappa shape index (κ2) is 17.1. The number of hydrogen-bond acceptors (Lipinski definition) is 2. The zero-order chi connectivity index (χ0) is 60.8. The molecule has 12 aromatic rings. The number of rotatable bonds is 8. The van der Waals surface area contributed by atoms with E-state index in [1.54, 1.807) is 36.5 Å². The van der Waals surface area contributed by atoms with E-state index in [1.165, 1.54) is 0 Å². The third kappa shape index (κ3) is 7.34. The predicted octanol–water partition coefficient (Wildman–Crippen LogP) is 16.3. The molecule has 1 aliphatic rings. The van der Waals surface area contributed by atoms with Crippen LogP contribution in [0.1, 0.15) is 58.0 Å². The average molecular weight is 1110 g/mol. The van der Waals surface area contributed by atoms with Gasteiger partial charge in [-0.15, -0.1) is 0 Å². The Hall–Kier alpha value is -8.11. The van der Waals surface area contributed by atoms with E-state index in [0.717, 1.165) is 27.6 Å². The molecule has 3 aromatic heterocycles. The summed E-state index contributed by atoms with van der Waals surface area (Å²) in [6.07, 6.45) is 2.04. The summed E-state index contributed by atoms with van der Waals surface area (Å²) in [6.45, 7) is 6.33. The summed E-state index contributed by atoms with van der Waals surface area (Å²) in [4.78, 5) is 4.84. The van der Waals surface area contributed by atoms with E-state index in [2.05, 4.69) is 52.3 Å². The molecule has 0 bridgehead atoms. The first-order valence-corrected chi connectivity index (χ1v) is 24.0. The maximum atomic E-state index is 9.51. The Bertz CT molecular complexity index is 4960. The van der Waals surface area contributed by atoms with E-state index in [1.807, 2.05) is 98.6 Å². The molecule has 0 radical (unpaired) electrons. The van der Waals surface area contributed by atoms with Crippen molar-refractivity contribution in [3.05, 3.63) is 245 Å². The molecule has 0 fully saturated rings. The van der Waals surface area contributed by atoms with Crippen LogP contribution in [0.3, 0.4) is 0 Å². The first kappa shape index (κ1) is 29.8. The van der Waals surface area contributed by atoms with Crippen molar-refractivity contribution in [3.63, 3.8) is 0 Å². The van der Waals surface area contributed by atoms with E-state index >= 15 is 0 Å². The second-order valence-electron chi connectivity index (χ2n) is 18.2. The molecule has 0 aliphatic heterocycles. The Morgan fingerprint density at radius 1 is 0.563 bits per heavy atom. The van der Waals surface area contributed by atoms with Crippen LogP contribution in [0.5, 0.6) is 11.5 Å². The van der Waals surface area contributed by atoms with Gasteiger partial charge in [-0.05, 0) is 28.2 Å². The standard InChI is InChI=1S/C65H46N4O.Pt/c1-65(2,3)48-34-35-66-62(38-48)69-58-33-30-46(43-18-7-4-8-19-43)36-56(58)53-32-31-51(40-61(53)69)70-50-26-17-25-49(39-50)67-42-68(60-29-16-15-28-59(60)67)64-54(44-20-9-5-10-21-44)41-55-52-27-14-13-24-47(52)37-57(55)63(64)45-22-11-6-12-23-45;/h4-36,38,41H,37H2,1-3H3;/q-2;/i4D,5D,6D,7D,8D,9D,10D,11D,12D,18D,19D,20D,21D,22D,23D;. The molecule has 6 heteroatoms. The Labute approximate surface area is 445 Å². The summed E-state index contributed by atoms with van der Waals surface area (Å²) in [6, 6.07) is 34.9. The molecular formula is C65H46N4OPt-2. The third-order valence-electron chi connectivity index (χ3n) is 13.0. The van der Waals surface area contributed by atoms with E-state index in [9.17, 15) is 5.48 Å². The molecule has 3 heterocycles. The minimum Gasteiger partial charge on any atom is -0.0617 e. The maximum absolute atomic E-state index is 9.51. The van der Waals surface area contributed by atoms with Crippen molar-refractivity contribution in [2.45, 2.75) is 32.6 Å². The van der Waals surface area contributed by atoms with Crippen molar-refractivity contribution < 1.29 is 44.7 Å². The van der Waals surface area contributed by atoms with E-state index in [-0.39, 0.29) is 63.2 Å². The van der Waals surface area contributed by atoms with Gasteiger partial charge in [-0.3, -0.25) is 0 Å².